The highest BCUT2D eigenvalue weighted by molar-refractivity contribution is 7.89. The third kappa shape index (κ3) is 4.77. The van der Waals surface area contributed by atoms with Crippen molar-refractivity contribution in [2.45, 2.75) is 4.90 Å². The van der Waals surface area contributed by atoms with E-state index in [1.165, 1.54) is 40.7 Å². The van der Waals surface area contributed by atoms with Crippen LogP contribution in [-0.2, 0) is 14.8 Å². The normalized spacial score (nSPS) is 14.6. The van der Waals surface area contributed by atoms with Gasteiger partial charge in [0.1, 0.15) is 5.75 Å². The summed E-state index contributed by atoms with van der Waals surface area (Å²) < 4.78 is 37.6. The van der Waals surface area contributed by atoms with Crippen LogP contribution in [0.25, 0.3) is 0 Å². The Bertz CT molecular complexity index is 1220. The molecule has 1 aliphatic heterocycles. The highest BCUT2D eigenvalue weighted by Crippen LogP contribution is 2.21. The molecule has 1 heterocycles. The van der Waals surface area contributed by atoms with Gasteiger partial charge >= 0.3 is 5.97 Å². The molecule has 0 aliphatic carbocycles. The van der Waals surface area contributed by atoms with Gasteiger partial charge in [-0.05, 0) is 42.5 Å². The van der Waals surface area contributed by atoms with Gasteiger partial charge in [0.05, 0.1) is 23.7 Å². The summed E-state index contributed by atoms with van der Waals surface area (Å²) in [5.74, 6) is -0.572. The second-order valence-corrected chi connectivity index (χ2v) is 9.09. The zero-order valence-corrected chi connectivity index (χ0v) is 18.0. The summed E-state index contributed by atoms with van der Waals surface area (Å²) in [6.45, 7) is 1.21. The van der Waals surface area contributed by atoms with Crippen molar-refractivity contribution < 1.29 is 27.5 Å². The molecule has 0 bridgehead atoms. The Morgan fingerprint density at radius 2 is 1.41 bits per heavy atom. The number of carbonyl (C=O) groups excluding carboxylic acids is 2. The van der Waals surface area contributed by atoms with Crippen molar-refractivity contribution >= 4 is 21.8 Å². The number of nitrogens with zero attached hydrogens (tertiary/aromatic N) is 1. The monoisotopic (exact) mass is 451 g/mol. The molecule has 1 saturated heterocycles. The smallest absolute Gasteiger partial charge is 0.343 e. The fourth-order valence-electron chi connectivity index (χ4n) is 3.32. The van der Waals surface area contributed by atoms with E-state index in [1.54, 1.807) is 36.4 Å². The van der Waals surface area contributed by atoms with Gasteiger partial charge in [0.25, 0.3) is 0 Å². The van der Waals surface area contributed by atoms with Gasteiger partial charge < -0.3 is 9.47 Å². The number of ketones is 1. The van der Waals surface area contributed by atoms with E-state index in [4.69, 9.17) is 9.47 Å². The zero-order chi connectivity index (χ0) is 22.6. The Morgan fingerprint density at radius 1 is 0.781 bits per heavy atom. The number of esters is 1. The van der Waals surface area contributed by atoms with Crippen LogP contribution in [0.1, 0.15) is 26.3 Å². The molecular weight excluding hydrogens is 430 g/mol. The topological polar surface area (TPSA) is 90.0 Å². The fourth-order valence-corrected chi connectivity index (χ4v) is 4.77. The van der Waals surface area contributed by atoms with E-state index in [0.717, 1.165) is 0 Å². The molecule has 0 unspecified atom stereocenters. The minimum atomic E-state index is -3.72. The summed E-state index contributed by atoms with van der Waals surface area (Å²) in [5, 5.41) is 0. The van der Waals surface area contributed by atoms with Crippen molar-refractivity contribution in [2.75, 3.05) is 26.3 Å². The number of rotatable bonds is 6. The molecule has 0 saturated carbocycles. The molecule has 164 valence electrons. The van der Waals surface area contributed by atoms with E-state index >= 15 is 0 Å². The number of ether oxygens (including phenoxy) is 2. The quantitative estimate of drug-likeness (QED) is 0.325. The predicted molar refractivity (Wildman–Crippen MR) is 117 cm³/mol. The summed E-state index contributed by atoms with van der Waals surface area (Å²) >= 11 is 0. The zero-order valence-electron chi connectivity index (χ0n) is 17.1. The Kier molecular flexibility index (Phi) is 6.45. The number of benzene rings is 3. The molecule has 1 aliphatic rings. The Hall–Kier alpha value is -3.33. The van der Waals surface area contributed by atoms with Crippen LogP contribution in [0.5, 0.6) is 5.75 Å². The van der Waals surface area contributed by atoms with Crippen molar-refractivity contribution in [1.29, 1.82) is 0 Å². The lowest BCUT2D eigenvalue weighted by atomic mass is 10.0. The molecule has 3 aromatic carbocycles. The Morgan fingerprint density at radius 3 is 2.09 bits per heavy atom. The van der Waals surface area contributed by atoms with Gasteiger partial charge in [-0.1, -0.05) is 36.4 Å². The molecule has 0 amide bonds. The third-order valence-corrected chi connectivity index (χ3v) is 6.94. The van der Waals surface area contributed by atoms with Gasteiger partial charge in [-0.15, -0.1) is 0 Å². The molecule has 8 heteroatoms. The van der Waals surface area contributed by atoms with Crippen LogP contribution in [0.3, 0.4) is 0 Å². The lowest BCUT2D eigenvalue weighted by Crippen LogP contribution is -2.40. The predicted octanol–water partition coefficient (Wildman–Crippen LogP) is 3.16. The molecule has 0 spiro atoms. The van der Waals surface area contributed by atoms with Gasteiger partial charge in [-0.25, -0.2) is 13.2 Å². The molecule has 4 rings (SSSR count). The Balaban J connectivity index is 1.47. The van der Waals surface area contributed by atoms with Crippen LogP contribution in [0, 0.1) is 0 Å². The molecule has 0 N–H and O–H groups in total. The van der Waals surface area contributed by atoms with Crippen molar-refractivity contribution in [2.24, 2.45) is 0 Å². The van der Waals surface area contributed by atoms with E-state index in [9.17, 15) is 18.0 Å². The number of hydrogen-bond donors (Lipinski definition) is 0. The van der Waals surface area contributed by atoms with Gasteiger partial charge in [0, 0.05) is 24.2 Å². The second-order valence-electron chi connectivity index (χ2n) is 7.15. The summed E-state index contributed by atoms with van der Waals surface area (Å²) in [6, 6.07) is 20.8. The van der Waals surface area contributed by atoms with Crippen LogP contribution in [0.15, 0.2) is 83.8 Å². The lowest BCUT2D eigenvalue weighted by molar-refractivity contribution is 0.0727. The minimum Gasteiger partial charge on any atom is -0.423 e. The summed E-state index contributed by atoms with van der Waals surface area (Å²) in [5.41, 5.74) is 1.15. The van der Waals surface area contributed by atoms with Gasteiger partial charge in [-0.3, -0.25) is 4.79 Å². The van der Waals surface area contributed by atoms with Gasteiger partial charge in [-0.2, -0.15) is 4.31 Å². The third-order valence-electron chi connectivity index (χ3n) is 5.04. The maximum atomic E-state index is 12.8. The minimum absolute atomic E-state index is 0.0256. The molecule has 0 radical (unpaired) electrons. The molecule has 3 aromatic rings. The SMILES string of the molecule is O=C(Oc1ccc(C(=O)c2ccccc2)cc1)c1cccc(S(=O)(=O)N2CCOCC2)c1. The van der Waals surface area contributed by atoms with Crippen LogP contribution in [0.2, 0.25) is 0 Å². The van der Waals surface area contributed by atoms with E-state index in [1.807, 2.05) is 6.07 Å². The second kappa shape index (κ2) is 9.44. The van der Waals surface area contributed by atoms with E-state index in [2.05, 4.69) is 0 Å². The fraction of sp³-hybridized carbons (Fsp3) is 0.167. The number of hydrogen-bond acceptors (Lipinski definition) is 6. The van der Waals surface area contributed by atoms with Crippen molar-refractivity contribution in [3.63, 3.8) is 0 Å². The number of morpholine rings is 1. The highest BCUT2D eigenvalue weighted by atomic mass is 32.2. The Labute approximate surface area is 186 Å². The van der Waals surface area contributed by atoms with Crippen molar-refractivity contribution in [3.05, 3.63) is 95.6 Å². The largest absolute Gasteiger partial charge is 0.423 e. The standard InChI is InChI=1S/C24H21NO6S/c26-23(18-5-2-1-3-6-18)19-9-11-21(12-10-19)31-24(27)20-7-4-8-22(17-20)32(28,29)25-13-15-30-16-14-25/h1-12,17H,13-16H2. The molecular formula is C24H21NO6S. The first-order valence-corrected chi connectivity index (χ1v) is 11.5. The molecule has 0 aromatic heterocycles. The maximum absolute atomic E-state index is 12.8. The van der Waals surface area contributed by atoms with Crippen LogP contribution < -0.4 is 4.74 Å². The summed E-state index contributed by atoms with van der Waals surface area (Å²) in [6.07, 6.45) is 0. The van der Waals surface area contributed by atoms with Crippen molar-refractivity contribution in [3.8, 4) is 5.75 Å². The first-order chi connectivity index (χ1) is 15.4. The summed E-state index contributed by atoms with van der Waals surface area (Å²) in [7, 11) is -3.72. The lowest BCUT2D eigenvalue weighted by Gasteiger charge is -2.26. The van der Waals surface area contributed by atoms with Crippen molar-refractivity contribution in [1.82, 2.24) is 4.31 Å². The van der Waals surface area contributed by atoms with Crippen LogP contribution in [0.4, 0.5) is 0 Å². The van der Waals surface area contributed by atoms with Crippen LogP contribution >= 0.6 is 0 Å². The molecule has 1 fully saturated rings. The molecule has 0 atom stereocenters. The average molecular weight is 452 g/mol. The molecule has 7 nitrogen and oxygen atoms in total. The van der Waals surface area contributed by atoms with E-state index < -0.39 is 16.0 Å². The maximum Gasteiger partial charge on any atom is 0.343 e. The first-order valence-electron chi connectivity index (χ1n) is 10.0. The average Bonchev–Trinajstić information content (AvgIpc) is 2.85. The first kappa shape index (κ1) is 21.9. The molecule has 32 heavy (non-hydrogen) atoms. The van der Waals surface area contributed by atoms with E-state index in [0.29, 0.717) is 24.3 Å². The number of carbonyl (C=O) groups is 2. The van der Waals surface area contributed by atoms with E-state index in [-0.39, 0.29) is 35.1 Å². The van der Waals surface area contributed by atoms with Crippen LogP contribution in [-0.4, -0.2) is 50.8 Å². The highest BCUT2D eigenvalue weighted by Gasteiger charge is 2.27. The number of sulfonamides is 1. The van der Waals surface area contributed by atoms with Gasteiger partial charge in [0.2, 0.25) is 10.0 Å². The summed E-state index contributed by atoms with van der Waals surface area (Å²) in [4.78, 5) is 25.1. The van der Waals surface area contributed by atoms with Gasteiger partial charge in [0.15, 0.2) is 5.78 Å².